The molecule has 0 aliphatic heterocycles. The van der Waals surface area contributed by atoms with E-state index in [1.54, 1.807) is 67.6 Å². The van der Waals surface area contributed by atoms with E-state index in [-0.39, 0.29) is 11.6 Å². The molecule has 0 aliphatic carbocycles. The Hall–Kier alpha value is -4.04. The minimum atomic E-state index is -0.470. The van der Waals surface area contributed by atoms with Crippen molar-refractivity contribution in [2.75, 3.05) is 10.6 Å². The maximum atomic E-state index is 13.3. The van der Waals surface area contributed by atoms with Crippen molar-refractivity contribution in [1.82, 2.24) is 5.32 Å². The summed E-state index contributed by atoms with van der Waals surface area (Å²) in [5, 5.41) is 8.83. The monoisotopic (exact) mass is 603 g/mol. The van der Waals surface area contributed by atoms with Gasteiger partial charge in [0, 0.05) is 21.2 Å². The molecule has 9 heteroatoms. The van der Waals surface area contributed by atoms with Gasteiger partial charge in [0.15, 0.2) is 0 Å². The first kappa shape index (κ1) is 29.9. The Morgan fingerprint density at radius 2 is 1.56 bits per heavy atom. The molecule has 3 N–H and O–H groups in total. The first-order valence-corrected chi connectivity index (χ1v) is 14.3. The molecule has 0 saturated heterocycles. The van der Waals surface area contributed by atoms with Crippen LogP contribution in [0.25, 0.3) is 6.08 Å². The molecule has 4 aromatic rings. The highest BCUT2D eigenvalue weighted by Gasteiger charge is 2.18. The lowest BCUT2D eigenvalue weighted by Crippen LogP contribution is -2.30. The molecule has 208 valence electrons. The van der Waals surface area contributed by atoms with Crippen LogP contribution in [0.5, 0.6) is 0 Å². The second-order valence-electron chi connectivity index (χ2n) is 9.14. The van der Waals surface area contributed by atoms with Crippen molar-refractivity contribution in [3.05, 3.63) is 129 Å². The number of anilines is 2. The van der Waals surface area contributed by atoms with Gasteiger partial charge in [0.25, 0.3) is 11.8 Å². The van der Waals surface area contributed by atoms with E-state index in [1.807, 2.05) is 49.4 Å². The molecule has 0 saturated carbocycles. The van der Waals surface area contributed by atoms with Crippen molar-refractivity contribution in [3.8, 4) is 0 Å². The lowest BCUT2D eigenvalue weighted by atomic mass is 10.1. The van der Waals surface area contributed by atoms with Gasteiger partial charge in [0.2, 0.25) is 5.91 Å². The van der Waals surface area contributed by atoms with Gasteiger partial charge in [-0.2, -0.15) is 0 Å². The van der Waals surface area contributed by atoms with E-state index < -0.39 is 17.1 Å². The Morgan fingerprint density at radius 3 is 2.27 bits per heavy atom. The van der Waals surface area contributed by atoms with Gasteiger partial charge in [0.05, 0.1) is 16.0 Å². The van der Waals surface area contributed by atoms with Crippen LogP contribution in [-0.2, 0) is 9.59 Å². The number of hydrogen-bond acceptors (Lipinski definition) is 4. The lowest BCUT2D eigenvalue weighted by molar-refractivity contribution is -0.115. The predicted molar refractivity (Wildman–Crippen MR) is 169 cm³/mol. The summed E-state index contributed by atoms with van der Waals surface area (Å²) in [5.41, 5.74) is 3.33. The molecule has 3 amide bonds. The Bertz CT molecular complexity index is 1590. The second kappa shape index (κ2) is 14.0. The summed E-state index contributed by atoms with van der Waals surface area (Å²) in [6.07, 6.45) is 1.64. The molecule has 1 atom stereocenters. The maximum absolute atomic E-state index is 13.3. The number of nitrogens with one attached hydrogen (secondary N) is 3. The zero-order valence-corrected chi connectivity index (χ0v) is 24.6. The van der Waals surface area contributed by atoms with E-state index in [9.17, 15) is 14.4 Å². The zero-order chi connectivity index (χ0) is 29.4. The van der Waals surface area contributed by atoms with Gasteiger partial charge in [0.1, 0.15) is 5.70 Å². The Labute approximate surface area is 253 Å². The van der Waals surface area contributed by atoms with Crippen molar-refractivity contribution < 1.29 is 14.4 Å². The SMILES string of the molecule is Cc1cccc(/C=C(\NC(=O)c2ccccc2)C(=O)Nc2ccc(SC(C)C(=O)Nc3cc(Cl)ccc3Cl)cc2)c1. The number of aryl methyl sites for hydroxylation is 1. The van der Waals surface area contributed by atoms with Crippen LogP contribution in [0.1, 0.15) is 28.4 Å². The normalized spacial score (nSPS) is 11.9. The molecule has 0 heterocycles. The van der Waals surface area contributed by atoms with Crippen molar-refractivity contribution in [2.24, 2.45) is 0 Å². The molecule has 1 unspecified atom stereocenters. The van der Waals surface area contributed by atoms with Crippen LogP contribution in [0.3, 0.4) is 0 Å². The smallest absolute Gasteiger partial charge is 0.272 e. The minimum Gasteiger partial charge on any atom is -0.324 e. The first-order chi connectivity index (χ1) is 19.7. The van der Waals surface area contributed by atoms with Crippen LogP contribution in [0, 0.1) is 6.92 Å². The molecule has 4 rings (SSSR count). The largest absolute Gasteiger partial charge is 0.324 e. The molecule has 4 aromatic carbocycles. The number of carbonyl (C=O) groups is 3. The topological polar surface area (TPSA) is 87.3 Å². The number of halogens is 2. The average Bonchev–Trinajstić information content (AvgIpc) is 2.96. The number of rotatable bonds is 9. The van der Waals surface area contributed by atoms with Crippen LogP contribution in [0.4, 0.5) is 11.4 Å². The molecular formula is C32H27Cl2N3O3S. The van der Waals surface area contributed by atoms with Crippen molar-refractivity contribution in [3.63, 3.8) is 0 Å². The third kappa shape index (κ3) is 8.72. The quantitative estimate of drug-likeness (QED) is 0.134. The van der Waals surface area contributed by atoms with Gasteiger partial charge in [-0.1, -0.05) is 71.2 Å². The fraction of sp³-hybridized carbons (Fsp3) is 0.0938. The molecule has 0 aromatic heterocycles. The van der Waals surface area contributed by atoms with Gasteiger partial charge in [-0.15, -0.1) is 11.8 Å². The molecule has 41 heavy (non-hydrogen) atoms. The summed E-state index contributed by atoms with van der Waals surface area (Å²) in [7, 11) is 0. The summed E-state index contributed by atoms with van der Waals surface area (Å²) in [5.74, 6) is -1.09. The second-order valence-corrected chi connectivity index (χ2v) is 11.4. The minimum absolute atomic E-state index is 0.105. The summed E-state index contributed by atoms with van der Waals surface area (Å²) in [4.78, 5) is 39.6. The van der Waals surface area contributed by atoms with Gasteiger partial charge in [-0.25, -0.2) is 0 Å². The van der Waals surface area contributed by atoms with Gasteiger partial charge >= 0.3 is 0 Å². The van der Waals surface area contributed by atoms with Crippen LogP contribution < -0.4 is 16.0 Å². The summed E-state index contributed by atoms with van der Waals surface area (Å²) < 4.78 is 0. The Morgan fingerprint density at radius 1 is 0.829 bits per heavy atom. The number of amides is 3. The summed E-state index contributed by atoms with van der Waals surface area (Å²) in [6, 6.07) is 28.3. The summed E-state index contributed by atoms with van der Waals surface area (Å²) in [6.45, 7) is 3.74. The number of benzene rings is 4. The van der Waals surface area contributed by atoms with Gasteiger partial charge in [-0.05, 0) is 80.1 Å². The zero-order valence-electron chi connectivity index (χ0n) is 22.3. The first-order valence-electron chi connectivity index (χ1n) is 12.7. The van der Waals surface area contributed by atoms with E-state index in [1.165, 1.54) is 11.8 Å². The molecular weight excluding hydrogens is 577 g/mol. The van der Waals surface area contributed by atoms with E-state index in [4.69, 9.17) is 23.2 Å². The highest BCUT2D eigenvalue weighted by Crippen LogP contribution is 2.29. The Kier molecular flexibility index (Phi) is 10.2. The third-order valence-corrected chi connectivity index (χ3v) is 7.54. The summed E-state index contributed by atoms with van der Waals surface area (Å²) >= 11 is 13.5. The molecule has 0 fully saturated rings. The molecule has 6 nitrogen and oxygen atoms in total. The fourth-order valence-corrected chi connectivity index (χ4v) is 4.97. The third-order valence-electron chi connectivity index (χ3n) is 5.86. The molecule has 0 spiro atoms. The van der Waals surface area contributed by atoms with Crippen molar-refractivity contribution >= 4 is 70.1 Å². The van der Waals surface area contributed by atoms with Gasteiger partial charge in [-0.3, -0.25) is 14.4 Å². The maximum Gasteiger partial charge on any atom is 0.272 e. The molecule has 0 aliphatic rings. The molecule has 0 radical (unpaired) electrons. The fourth-order valence-electron chi connectivity index (χ4n) is 3.77. The van der Waals surface area contributed by atoms with Crippen LogP contribution in [-0.4, -0.2) is 23.0 Å². The Balaban J connectivity index is 1.43. The van der Waals surface area contributed by atoms with Gasteiger partial charge < -0.3 is 16.0 Å². The lowest BCUT2D eigenvalue weighted by Gasteiger charge is -2.14. The number of thioether (sulfide) groups is 1. The van der Waals surface area contributed by atoms with E-state index in [0.29, 0.717) is 27.0 Å². The van der Waals surface area contributed by atoms with E-state index in [2.05, 4.69) is 16.0 Å². The van der Waals surface area contributed by atoms with Crippen LogP contribution in [0.2, 0.25) is 10.0 Å². The van der Waals surface area contributed by atoms with Crippen LogP contribution >= 0.6 is 35.0 Å². The van der Waals surface area contributed by atoms with Crippen molar-refractivity contribution in [2.45, 2.75) is 24.0 Å². The average molecular weight is 605 g/mol. The van der Waals surface area contributed by atoms with Crippen molar-refractivity contribution in [1.29, 1.82) is 0 Å². The van der Waals surface area contributed by atoms with E-state index >= 15 is 0 Å². The van der Waals surface area contributed by atoms with E-state index in [0.717, 1.165) is 16.0 Å². The number of hydrogen-bond donors (Lipinski definition) is 3. The van der Waals surface area contributed by atoms with Crippen LogP contribution in [0.15, 0.2) is 108 Å². The molecule has 0 bridgehead atoms. The highest BCUT2D eigenvalue weighted by molar-refractivity contribution is 8.00. The predicted octanol–water partition coefficient (Wildman–Crippen LogP) is 7.83. The highest BCUT2D eigenvalue weighted by atomic mass is 35.5. The standard InChI is InChI=1S/C32H27Cl2N3O3S/c1-20-7-6-8-22(17-20)18-29(37-31(39)23-9-4-3-5-10-23)32(40)35-25-12-14-26(15-13-25)41-21(2)30(38)36-28-19-24(33)11-16-27(28)34/h3-19,21H,1-2H3,(H,35,40)(H,36,38)(H,37,39)/b29-18-. The number of carbonyl (C=O) groups excluding carboxylic acids is 3.